The molecule has 0 fully saturated rings. The predicted octanol–water partition coefficient (Wildman–Crippen LogP) is 2.57. The first-order valence-corrected chi connectivity index (χ1v) is 7.23. The normalized spacial score (nSPS) is 17.6. The molecule has 0 aliphatic carbocycles. The summed E-state index contributed by atoms with van der Waals surface area (Å²) in [6.45, 7) is 0.690. The molecule has 1 aromatic heterocycles. The molecule has 1 amide bonds. The van der Waals surface area contributed by atoms with E-state index < -0.39 is 11.9 Å². The van der Waals surface area contributed by atoms with E-state index >= 15 is 0 Å². The summed E-state index contributed by atoms with van der Waals surface area (Å²) in [6.07, 6.45) is 0. The lowest BCUT2D eigenvalue weighted by Crippen LogP contribution is -2.40. The minimum atomic E-state index is -0.889. The van der Waals surface area contributed by atoms with E-state index in [2.05, 4.69) is 0 Å². The fourth-order valence-electron chi connectivity index (χ4n) is 2.54. The van der Waals surface area contributed by atoms with Crippen molar-refractivity contribution in [2.24, 2.45) is 0 Å². The van der Waals surface area contributed by atoms with Gasteiger partial charge in [0.1, 0.15) is 0 Å². The maximum atomic E-state index is 12.4. The summed E-state index contributed by atoms with van der Waals surface area (Å²) in [6, 6.07) is 9.20. The summed E-state index contributed by atoms with van der Waals surface area (Å²) < 4.78 is 0. The molecule has 1 unspecified atom stereocenters. The Morgan fingerprint density at radius 2 is 2.05 bits per heavy atom. The zero-order valence-corrected chi connectivity index (χ0v) is 11.5. The second-order valence-corrected chi connectivity index (χ2v) is 5.57. The van der Waals surface area contributed by atoms with Gasteiger partial charge in [0.15, 0.2) is 0 Å². The van der Waals surface area contributed by atoms with Gasteiger partial charge in [0.25, 0.3) is 5.91 Å². The number of carboxylic acids is 1. The number of fused-ring (bicyclic) bond motifs is 1. The lowest BCUT2D eigenvalue weighted by atomic mass is 9.89. The third-order valence-corrected chi connectivity index (χ3v) is 4.23. The van der Waals surface area contributed by atoms with Gasteiger partial charge in [-0.2, -0.15) is 11.3 Å². The SMILES string of the molecule is O=C(O)C1CN(C(=O)c2ccsc2)Cc2ccccc21. The number of benzene rings is 1. The minimum Gasteiger partial charge on any atom is -0.481 e. The Labute approximate surface area is 120 Å². The van der Waals surface area contributed by atoms with Crippen LogP contribution in [0.4, 0.5) is 0 Å². The number of carbonyl (C=O) groups excluding carboxylic acids is 1. The average Bonchev–Trinajstić information content (AvgIpc) is 2.99. The Kier molecular flexibility index (Phi) is 3.28. The van der Waals surface area contributed by atoms with Gasteiger partial charge in [-0.05, 0) is 22.6 Å². The number of carboxylic acid groups (broad SMARTS) is 1. The smallest absolute Gasteiger partial charge is 0.312 e. The van der Waals surface area contributed by atoms with E-state index in [0.717, 1.165) is 11.1 Å². The lowest BCUT2D eigenvalue weighted by molar-refractivity contribution is -0.139. The number of hydrogen-bond donors (Lipinski definition) is 1. The lowest BCUT2D eigenvalue weighted by Gasteiger charge is -2.32. The molecule has 1 aliphatic rings. The monoisotopic (exact) mass is 287 g/mol. The number of aliphatic carboxylic acids is 1. The van der Waals surface area contributed by atoms with E-state index in [-0.39, 0.29) is 12.5 Å². The van der Waals surface area contributed by atoms with Crippen molar-refractivity contribution in [2.75, 3.05) is 6.54 Å². The maximum Gasteiger partial charge on any atom is 0.312 e. The number of carbonyl (C=O) groups is 2. The highest BCUT2D eigenvalue weighted by molar-refractivity contribution is 7.08. The van der Waals surface area contributed by atoms with Crippen molar-refractivity contribution < 1.29 is 14.7 Å². The Bertz CT molecular complexity index is 651. The molecule has 1 aliphatic heterocycles. The topological polar surface area (TPSA) is 57.6 Å². The molecule has 4 nitrogen and oxygen atoms in total. The molecule has 1 N–H and O–H groups in total. The van der Waals surface area contributed by atoms with Gasteiger partial charge in [-0.3, -0.25) is 9.59 Å². The highest BCUT2D eigenvalue weighted by atomic mass is 32.1. The van der Waals surface area contributed by atoms with Crippen molar-refractivity contribution >= 4 is 23.2 Å². The van der Waals surface area contributed by atoms with Crippen LogP contribution in [0.1, 0.15) is 27.4 Å². The first-order chi connectivity index (χ1) is 9.66. The standard InChI is InChI=1S/C15H13NO3S/c17-14(11-5-6-20-9-11)16-7-10-3-1-2-4-12(10)13(8-16)15(18)19/h1-6,9,13H,7-8H2,(H,18,19). The summed E-state index contributed by atoms with van der Waals surface area (Å²) in [7, 11) is 0. The van der Waals surface area contributed by atoms with Crippen LogP contribution in [-0.4, -0.2) is 28.4 Å². The second kappa shape index (κ2) is 5.09. The maximum absolute atomic E-state index is 12.4. The first kappa shape index (κ1) is 12.9. The van der Waals surface area contributed by atoms with Crippen molar-refractivity contribution in [1.82, 2.24) is 4.90 Å². The number of amides is 1. The second-order valence-electron chi connectivity index (χ2n) is 4.79. The minimum absolute atomic E-state index is 0.105. The molecule has 102 valence electrons. The molecule has 1 aromatic carbocycles. The van der Waals surface area contributed by atoms with Gasteiger partial charge in [0.05, 0.1) is 11.5 Å². The third kappa shape index (κ3) is 2.20. The van der Waals surface area contributed by atoms with Gasteiger partial charge in [-0.25, -0.2) is 0 Å². The molecule has 2 heterocycles. The summed E-state index contributed by atoms with van der Waals surface area (Å²) in [4.78, 5) is 25.4. The Morgan fingerprint density at radius 1 is 1.25 bits per heavy atom. The Balaban J connectivity index is 1.94. The van der Waals surface area contributed by atoms with Crippen LogP contribution in [0.3, 0.4) is 0 Å². The summed E-state index contributed by atoms with van der Waals surface area (Å²) in [5.41, 5.74) is 2.35. The highest BCUT2D eigenvalue weighted by Gasteiger charge is 2.32. The van der Waals surface area contributed by atoms with E-state index in [1.54, 1.807) is 16.3 Å². The summed E-state index contributed by atoms with van der Waals surface area (Å²) in [5, 5.41) is 13.0. The molecule has 0 radical (unpaired) electrons. The zero-order valence-electron chi connectivity index (χ0n) is 10.7. The van der Waals surface area contributed by atoms with Crippen molar-refractivity contribution in [3.05, 3.63) is 57.8 Å². The molecule has 0 saturated carbocycles. The van der Waals surface area contributed by atoms with Crippen LogP contribution < -0.4 is 0 Å². The molecular weight excluding hydrogens is 274 g/mol. The number of hydrogen-bond acceptors (Lipinski definition) is 3. The van der Waals surface area contributed by atoms with Gasteiger partial charge in [0, 0.05) is 18.5 Å². The number of rotatable bonds is 2. The largest absolute Gasteiger partial charge is 0.481 e. The quantitative estimate of drug-likeness (QED) is 0.923. The molecule has 0 spiro atoms. The van der Waals surface area contributed by atoms with E-state index in [4.69, 9.17) is 0 Å². The Morgan fingerprint density at radius 3 is 2.75 bits per heavy atom. The van der Waals surface area contributed by atoms with Gasteiger partial charge in [-0.15, -0.1) is 0 Å². The van der Waals surface area contributed by atoms with Crippen LogP contribution in [0.2, 0.25) is 0 Å². The molecule has 3 rings (SSSR count). The van der Waals surface area contributed by atoms with Gasteiger partial charge in [0.2, 0.25) is 0 Å². The molecule has 1 atom stereocenters. The van der Waals surface area contributed by atoms with Crippen molar-refractivity contribution in [3.63, 3.8) is 0 Å². The van der Waals surface area contributed by atoms with Crippen LogP contribution in [0, 0.1) is 0 Å². The molecule has 0 bridgehead atoms. The zero-order chi connectivity index (χ0) is 14.1. The molecule has 2 aromatic rings. The Hall–Kier alpha value is -2.14. The third-order valence-electron chi connectivity index (χ3n) is 3.55. The van der Waals surface area contributed by atoms with Crippen molar-refractivity contribution in [1.29, 1.82) is 0 Å². The van der Waals surface area contributed by atoms with Crippen molar-refractivity contribution in [3.8, 4) is 0 Å². The van der Waals surface area contributed by atoms with E-state index in [0.29, 0.717) is 12.1 Å². The average molecular weight is 287 g/mol. The molecule has 0 saturated heterocycles. The van der Waals surface area contributed by atoms with E-state index in [9.17, 15) is 14.7 Å². The van der Waals surface area contributed by atoms with E-state index in [1.807, 2.05) is 29.6 Å². The van der Waals surface area contributed by atoms with E-state index in [1.165, 1.54) is 11.3 Å². The van der Waals surface area contributed by atoms with Crippen LogP contribution in [-0.2, 0) is 11.3 Å². The van der Waals surface area contributed by atoms with Crippen molar-refractivity contribution in [2.45, 2.75) is 12.5 Å². The van der Waals surface area contributed by atoms with Crippen LogP contribution >= 0.6 is 11.3 Å². The fraction of sp³-hybridized carbons (Fsp3) is 0.200. The van der Waals surface area contributed by atoms with Crippen LogP contribution in [0.25, 0.3) is 0 Å². The van der Waals surface area contributed by atoms with Gasteiger partial charge in [-0.1, -0.05) is 24.3 Å². The molecule has 20 heavy (non-hydrogen) atoms. The first-order valence-electron chi connectivity index (χ1n) is 6.29. The van der Waals surface area contributed by atoms with Crippen LogP contribution in [0.5, 0.6) is 0 Å². The predicted molar refractivity (Wildman–Crippen MR) is 75.9 cm³/mol. The highest BCUT2D eigenvalue weighted by Crippen LogP contribution is 2.29. The summed E-state index contributed by atoms with van der Waals surface area (Å²) in [5.74, 6) is -1.64. The molecular formula is C15H13NO3S. The van der Waals surface area contributed by atoms with Gasteiger partial charge < -0.3 is 10.0 Å². The van der Waals surface area contributed by atoms with Crippen LogP contribution in [0.15, 0.2) is 41.1 Å². The summed E-state index contributed by atoms with van der Waals surface area (Å²) >= 11 is 1.46. The number of nitrogens with zero attached hydrogens (tertiary/aromatic N) is 1. The molecule has 5 heteroatoms. The van der Waals surface area contributed by atoms with Gasteiger partial charge >= 0.3 is 5.97 Å². The number of thiophene rings is 1. The fourth-order valence-corrected chi connectivity index (χ4v) is 3.17.